The second-order valence-electron chi connectivity index (χ2n) is 3.64. The van der Waals surface area contributed by atoms with Gasteiger partial charge in [-0.05, 0) is 40.8 Å². The summed E-state index contributed by atoms with van der Waals surface area (Å²) in [4.78, 5) is 13.0. The van der Waals surface area contributed by atoms with Crippen molar-refractivity contribution >= 4 is 44.3 Å². The molecule has 1 heterocycles. The Morgan fingerprint density at radius 2 is 2.00 bits per heavy atom. The van der Waals surface area contributed by atoms with Crippen LogP contribution in [0.15, 0.2) is 41.4 Å². The SMILES string of the molecule is O=C(O)c1cc(S(=O)(=O)Nc2ccccc2I)c[nH]1. The van der Waals surface area contributed by atoms with Gasteiger partial charge in [0, 0.05) is 9.77 Å². The number of aromatic nitrogens is 1. The molecule has 0 aliphatic rings. The first-order chi connectivity index (χ1) is 8.90. The van der Waals surface area contributed by atoms with E-state index in [1.807, 2.05) is 22.6 Å². The van der Waals surface area contributed by atoms with E-state index < -0.39 is 16.0 Å². The largest absolute Gasteiger partial charge is 0.477 e. The monoisotopic (exact) mass is 392 g/mol. The van der Waals surface area contributed by atoms with E-state index in [0.29, 0.717) is 5.69 Å². The summed E-state index contributed by atoms with van der Waals surface area (Å²) in [6, 6.07) is 7.96. The van der Waals surface area contributed by atoms with Crippen LogP contribution in [0.25, 0.3) is 0 Å². The lowest BCUT2D eigenvalue weighted by molar-refractivity contribution is 0.0691. The van der Waals surface area contributed by atoms with E-state index in [9.17, 15) is 13.2 Å². The number of hydrogen-bond donors (Lipinski definition) is 3. The number of aromatic carboxylic acids is 1. The molecule has 0 atom stereocenters. The first kappa shape index (κ1) is 13.9. The summed E-state index contributed by atoms with van der Waals surface area (Å²) in [5.41, 5.74) is 0.268. The Bertz CT molecular complexity index is 724. The predicted octanol–water partition coefficient (Wildman–Crippen LogP) is 2.12. The van der Waals surface area contributed by atoms with Crippen LogP contribution >= 0.6 is 22.6 Å². The summed E-state index contributed by atoms with van der Waals surface area (Å²) in [6.07, 6.45) is 1.14. The van der Waals surface area contributed by atoms with E-state index in [-0.39, 0.29) is 10.6 Å². The van der Waals surface area contributed by atoms with E-state index in [1.165, 1.54) is 0 Å². The van der Waals surface area contributed by atoms with Crippen LogP contribution in [-0.4, -0.2) is 24.5 Å². The quantitative estimate of drug-likeness (QED) is 0.695. The van der Waals surface area contributed by atoms with Gasteiger partial charge >= 0.3 is 5.97 Å². The number of halogens is 1. The summed E-state index contributed by atoms with van der Waals surface area (Å²) >= 11 is 2.01. The lowest BCUT2D eigenvalue weighted by atomic mass is 10.3. The number of nitrogens with one attached hydrogen (secondary N) is 2. The number of sulfonamides is 1. The fourth-order valence-corrected chi connectivity index (χ4v) is 3.18. The molecule has 0 aliphatic carbocycles. The molecule has 0 spiro atoms. The van der Waals surface area contributed by atoms with Gasteiger partial charge in [-0.2, -0.15) is 0 Å². The molecule has 2 aromatic rings. The number of H-pyrrole nitrogens is 1. The molecule has 1 aromatic carbocycles. The summed E-state index contributed by atoms with van der Waals surface area (Å²) < 4.78 is 27.3. The molecule has 0 amide bonds. The van der Waals surface area contributed by atoms with Crippen molar-refractivity contribution in [2.24, 2.45) is 0 Å². The topological polar surface area (TPSA) is 99.3 Å². The first-order valence-electron chi connectivity index (χ1n) is 5.09. The highest BCUT2D eigenvalue weighted by molar-refractivity contribution is 14.1. The Hall–Kier alpha value is -1.55. The minimum Gasteiger partial charge on any atom is -0.477 e. The number of benzene rings is 1. The number of carboxylic acids is 1. The van der Waals surface area contributed by atoms with Crippen LogP contribution in [0.2, 0.25) is 0 Å². The van der Waals surface area contributed by atoms with E-state index >= 15 is 0 Å². The van der Waals surface area contributed by atoms with Gasteiger partial charge in [-0.25, -0.2) is 13.2 Å². The third-order valence-electron chi connectivity index (χ3n) is 2.32. The number of carbonyl (C=O) groups is 1. The lowest BCUT2D eigenvalue weighted by Gasteiger charge is -2.07. The second-order valence-corrected chi connectivity index (χ2v) is 6.48. The Balaban J connectivity index is 2.32. The van der Waals surface area contributed by atoms with E-state index in [1.54, 1.807) is 24.3 Å². The van der Waals surface area contributed by atoms with Gasteiger partial charge in [-0.3, -0.25) is 4.72 Å². The zero-order chi connectivity index (χ0) is 14.0. The highest BCUT2D eigenvalue weighted by Crippen LogP contribution is 2.21. The number of para-hydroxylation sites is 1. The molecule has 100 valence electrons. The number of rotatable bonds is 4. The number of aromatic amines is 1. The normalized spacial score (nSPS) is 11.2. The van der Waals surface area contributed by atoms with Gasteiger partial charge in [-0.1, -0.05) is 12.1 Å². The average Bonchev–Trinajstić information content (AvgIpc) is 2.82. The van der Waals surface area contributed by atoms with Gasteiger partial charge in [0.05, 0.1) is 5.69 Å². The fourth-order valence-electron chi connectivity index (χ4n) is 1.40. The van der Waals surface area contributed by atoms with Crippen molar-refractivity contribution in [3.63, 3.8) is 0 Å². The molecule has 3 N–H and O–H groups in total. The van der Waals surface area contributed by atoms with Crippen LogP contribution in [0, 0.1) is 3.57 Å². The molecule has 0 radical (unpaired) electrons. The van der Waals surface area contributed by atoms with E-state index in [2.05, 4.69) is 9.71 Å². The molecular formula is C11H9IN2O4S. The van der Waals surface area contributed by atoms with Gasteiger partial charge in [-0.15, -0.1) is 0 Å². The first-order valence-corrected chi connectivity index (χ1v) is 7.65. The summed E-state index contributed by atoms with van der Waals surface area (Å²) in [5.74, 6) is -1.21. The van der Waals surface area contributed by atoms with Crippen LogP contribution in [0.3, 0.4) is 0 Å². The maximum atomic E-state index is 12.1. The van der Waals surface area contributed by atoms with Crippen molar-refractivity contribution in [1.82, 2.24) is 4.98 Å². The lowest BCUT2D eigenvalue weighted by Crippen LogP contribution is -2.13. The molecule has 8 heteroatoms. The molecule has 0 fully saturated rings. The zero-order valence-electron chi connectivity index (χ0n) is 9.42. The molecular weight excluding hydrogens is 383 g/mol. The molecule has 6 nitrogen and oxygen atoms in total. The average molecular weight is 392 g/mol. The number of carboxylic acid groups (broad SMARTS) is 1. The van der Waals surface area contributed by atoms with Gasteiger partial charge in [0.15, 0.2) is 0 Å². The van der Waals surface area contributed by atoms with Crippen molar-refractivity contribution < 1.29 is 18.3 Å². The van der Waals surface area contributed by atoms with Crippen LogP contribution < -0.4 is 4.72 Å². The van der Waals surface area contributed by atoms with E-state index in [0.717, 1.165) is 15.8 Å². The maximum Gasteiger partial charge on any atom is 0.352 e. The van der Waals surface area contributed by atoms with Gasteiger partial charge in [0.1, 0.15) is 10.6 Å². The molecule has 0 bridgehead atoms. The van der Waals surface area contributed by atoms with Gasteiger partial charge < -0.3 is 10.1 Å². The standard InChI is InChI=1S/C11H9IN2O4S/c12-8-3-1-2-4-9(8)14-19(17,18)7-5-10(11(15)16)13-6-7/h1-6,13-14H,(H,15,16). The Labute approximate surface area is 123 Å². The fraction of sp³-hybridized carbons (Fsp3) is 0. The van der Waals surface area contributed by atoms with Crippen molar-refractivity contribution in [2.75, 3.05) is 4.72 Å². The summed E-state index contributed by atoms with van der Waals surface area (Å²) in [7, 11) is -3.80. The molecule has 0 aliphatic heterocycles. The maximum absolute atomic E-state index is 12.1. The number of hydrogen-bond acceptors (Lipinski definition) is 3. The smallest absolute Gasteiger partial charge is 0.352 e. The third-order valence-corrected chi connectivity index (χ3v) is 4.60. The Morgan fingerprint density at radius 1 is 1.32 bits per heavy atom. The van der Waals surface area contributed by atoms with Crippen molar-refractivity contribution in [1.29, 1.82) is 0 Å². The van der Waals surface area contributed by atoms with Crippen LogP contribution in [0.1, 0.15) is 10.5 Å². The Kier molecular flexibility index (Phi) is 3.80. The summed E-state index contributed by atoms with van der Waals surface area (Å²) in [6.45, 7) is 0. The third kappa shape index (κ3) is 3.07. The highest BCUT2D eigenvalue weighted by atomic mass is 127. The molecule has 0 unspecified atom stereocenters. The molecule has 0 saturated heterocycles. The Morgan fingerprint density at radius 3 is 2.58 bits per heavy atom. The number of anilines is 1. The summed E-state index contributed by atoms with van der Waals surface area (Å²) in [5, 5.41) is 8.75. The van der Waals surface area contributed by atoms with Gasteiger partial charge in [0.2, 0.25) is 0 Å². The molecule has 0 saturated carbocycles. The minimum atomic E-state index is -3.80. The molecule has 19 heavy (non-hydrogen) atoms. The van der Waals surface area contributed by atoms with Crippen molar-refractivity contribution in [2.45, 2.75) is 4.90 Å². The van der Waals surface area contributed by atoms with Crippen LogP contribution in [0.5, 0.6) is 0 Å². The van der Waals surface area contributed by atoms with Crippen molar-refractivity contribution in [3.8, 4) is 0 Å². The molecule has 2 rings (SSSR count). The second kappa shape index (κ2) is 5.21. The van der Waals surface area contributed by atoms with Crippen LogP contribution in [0.4, 0.5) is 5.69 Å². The zero-order valence-corrected chi connectivity index (χ0v) is 12.4. The highest BCUT2D eigenvalue weighted by Gasteiger charge is 2.19. The predicted molar refractivity (Wildman–Crippen MR) is 77.7 cm³/mol. The minimum absolute atomic E-state index is 0.121. The van der Waals surface area contributed by atoms with Crippen LogP contribution in [-0.2, 0) is 10.0 Å². The molecule has 1 aromatic heterocycles. The van der Waals surface area contributed by atoms with E-state index in [4.69, 9.17) is 5.11 Å². The van der Waals surface area contributed by atoms with Gasteiger partial charge in [0.25, 0.3) is 10.0 Å². The van der Waals surface area contributed by atoms with Crippen molar-refractivity contribution in [3.05, 3.63) is 45.8 Å².